The number of ether oxygens (including phenoxy) is 3. The van der Waals surface area contributed by atoms with Gasteiger partial charge in [0.25, 0.3) is 0 Å². The molecule has 0 bridgehead atoms. The van der Waals surface area contributed by atoms with Crippen molar-refractivity contribution >= 4 is 0 Å². The summed E-state index contributed by atoms with van der Waals surface area (Å²) >= 11 is 0. The molecule has 0 spiro atoms. The first-order valence-corrected chi connectivity index (χ1v) is 8.95. The summed E-state index contributed by atoms with van der Waals surface area (Å²) in [6.45, 7) is 6.02. The molecule has 1 aromatic rings. The number of hydrogen-bond donors (Lipinski definition) is 3. The molecule has 0 aliphatic heterocycles. The van der Waals surface area contributed by atoms with Crippen LogP contribution >= 0.6 is 0 Å². The number of rotatable bonds is 14. The van der Waals surface area contributed by atoms with Crippen LogP contribution in [0.3, 0.4) is 0 Å². The van der Waals surface area contributed by atoms with Crippen LogP contribution in [-0.4, -0.2) is 61.9 Å². The first kappa shape index (κ1) is 21.9. The van der Waals surface area contributed by atoms with Crippen LogP contribution in [0.2, 0.25) is 0 Å². The lowest BCUT2D eigenvalue weighted by molar-refractivity contribution is 0.0585. The van der Waals surface area contributed by atoms with E-state index in [-0.39, 0.29) is 12.6 Å². The van der Waals surface area contributed by atoms with Crippen LogP contribution < -0.4 is 10.1 Å². The van der Waals surface area contributed by atoms with Crippen LogP contribution in [0, 0.1) is 0 Å². The Morgan fingerprint density at radius 2 is 1.92 bits per heavy atom. The van der Waals surface area contributed by atoms with Crippen molar-refractivity contribution in [3.63, 3.8) is 0 Å². The molecule has 144 valence electrons. The Balaban J connectivity index is 2.36. The summed E-state index contributed by atoms with van der Waals surface area (Å²) in [7, 11) is 1.64. The van der Waals surface area contributed by atoms with Crippen molar-refractivity contribution in [1.82, 2.24) is 5.32 Å². The SMILES string of the molecule is CCCC(O)C(C)NCC(O)COc1ccccc1COCCOC. The fourth-order valence-corrected chi connectivity index (χ4v) is 2.34. The molecule has 6 nitrogen and oxygen atoms in total. The number of aliphatic hydroxyl groups is 2. The summed E-state index contributed by atoms with van der Waals surface area (Å²) in [5.41, 5.74) is 0.936. The highest BCUT2D eigenvalue weighted by molar-refractivity contribution is 5.32. The third kappa shape index (κ3) is 9.18. The summed E-state index contributed by atoms with van der Waals surface area (Å²) in [5, 5.41) is 23.1. The molecule has 0 amide bonds. The molecule has 3 N–H and O–H groups in total. The summed E-state index contributed by atoms with van der Waals surface area (Å²) in [5.74, 6) is 0.707. The third-order valence-corrected chi connectivity index (χ3v) is 3.93. The average Bonchev–Trinajstić information content (AvgIpc) is 2.62. The van der Waals surface area contributed by atoms with Gasteiger partial charge in [0.1, 0.15) is 18.5 Å². The maximum absolute atomic E-state index is 10.1. The first-order valence-electron chi connectivity index (χ1n) is 8.95. The lowest BCUT2D eigenvalue weighted by atomic mass is 10.1. The maximum atomic E-state index is 10.1. The van der Waals surface area contributed by atoms with E-state index >= 15 is 0 Å². The predicted octanol–water partition coefficient (Wildman–Crippen LogP) is 1.73. The third-order valence-electron chi connectivity index (χ3n) is 3.93. The van der Waals surface area contributed by atoms with Gasteiger partial charge in [-0.2, -0.15) is 0 Å². The maximum Gasteiger partial charge on any atom is 0.124 e. The zero-order valence-corrected chi connectivity index (χ0v) is 15.6. The first-order chi connectivity index (χ1) is 12.1. The van der Waals surface area contributed by atoms with E-state index < -0.39 is 12.2 Å². The zero-order chi connectivity index (χ0) is 18.5. The molecule has 0 heterocycles. The van der Waals surface area contributed by atoms with Crippen LogP contribution in [-0.2, 0) is 16.1 Å². The van der Waals surface area contributed by atoms with E-state index in [0.29, 0.717) is 32.1 Å². The van der Waals surface area contributed by atoms with Gasteiger partial charge in [0.2, 0.25) is 0 Å². The van der Waals surface area contributed by atoms with Crippen molar-refractivity contribution in [3.05, 3.63) is 29.8 Å². The van der Waals surface area contributed by atoms with Crippen molar-refractivity contribution in [2.24, 2.45) is 0 Å². The van der Waals surface area contributed by atoms with Gasteiger partial charge in [0.15, 0.2) is 0 Å². The van der Waals surface area contributed by atoms with Gasteiger partial charge in [-0.1, -0.05) is 31.5 Å². The largest absolute Gasteiger partial charge is 0.490 e. The standard InChI is InChI=1S/C19H33NO5/c1-4-7-18(22)15(2)20-12-17(21)14-25-19-9-6-5-8-16(19)13-24-11-10-23-3/h5-6,8-9,15,17-18,20-22H,4,7,10-14H2,1-3H3. The second-order valence-electron chi connectivity index (χ2n) is 6.17. The molecule has 0 saturated carbocycles. The van der Waals surface area contributed by atoms with Crippen LogP contribution in [0.4, 0.5) is 0 Å². The van der Waals surface area contributed by atoms with Crippen molar-refractivity contribution in [2.45, 2.75) is 51.5 Å². The summed E-state index contributed by atoms with van der Waals surface area (Å²) in [6, 6.07) is 7.56. The minimum absolute atomic E-state index is 0.0592. The molecule has 0 saturated heterocycles. The smallest absolute Gasteiger partial charge is 0.124 e. The monoisotopic (exact) mass is 355 g/mol. The molecular formula is C19H33NO5. The number of nitrogens with one attached hydrogen (secondary N) is 1. The molecule has 0 aromatic heterocycles. The lowest BCUT2D eigenvalue weighted by Crippen LogP contribution is -2.42. The van der Waals surface area contributed by atoms with Gasteiger partial charge < -0.3 is 29.7 Å². The van der Waals surface area contributed by atoms with Gasteiger partial charge >= 0.3 is 0 Å². The quantitative estimate of drug-likeness (QED) is 0.441. The van der Waals surface area contributed by atoms with Gasteiger partial charge in [-0.15, -0.1) is 0 Å². The van der Waals surface area contributed by atoms with Gasteiger partial charge in [0, 0.05) is 25.3 Å². The molecule has 3 atom stereocenters. The predicted molar refractivity (Wildman–Crippen MR) is 97.9 cm³/mol. The molecule has 0 aliphatic rings. The number of benzene rings is 1. The van der Waals surface area contributed by atoms with Crippen LogP contribution in [0.1, 0.15) is 32.3 Å². The molecule has 6 heteroatoms. The van der Waals surface area contributed by atoms with E-state index in [9.17, 15) is 10.2 Å². The van der Waals surface area contributed by atoms with Crippen LogP contribution in [0.25, 0.3) is 0 Å². The molecular weight excluding hydrogens is 322 g/mol. The van der Waals surface area contributed by atoms with E-state index in [1.54, 1.807) is 7.11 Å². The van der Waals surface area contributed by atoms with Crippen molar-refractivity contribution in [1.29, 1.82) is 0 Å². The number of aliphatic hydroxyl groups excluding tert-OH is 2. The van der Waals surface area contributed by atoms with Gasteiger partial charge in [-0.25, -0.2) is 0 Å². The van der Waals surface area contributed by atoms with Gasteiger partial charge in [-0.3, -0.25) is 0 Å². The molecule has 0 fully saturated rings. The second kappa shape index (κ2) is 13.1. The highest BCUT2D eigenvalue weighted by Crippen LogP contribution is 2.19. The minimum atomic E-state index is -0.654. The Hall–Kier alpha value is -1.18. The van der Waals surface area contributed by atoms with Gasteiger partial charge in [-0.05, 0) is 19.4 Å². The summed E-state index contributed by atoms with van der Waals surface area (Å²) in [4.78, 5) is 0. The lowest BCUT2D eigenvalue weighted by Gasteiger charge is -2.22. The number of para-hydroxylation sites is 1. The molecule has 0 aliphatic carbocycles. The number of methoxy groups -OCH3 is 1. The fourth-order valence-electron chi connectivity index (χ4n) is 2.34. The highest BCUT2D eigenvalue weighted by Gasteiger charge is 2.15. The van der Waals surface area contributed by atoms with E-state index in [1.165, 1.54) is 0 Å². The van der Waals surface area contributed by atoms with E-state index in [4.69, 9.17) is 14.2 Å². The Morgan fingerprint density at radius 3 is 2.64 bits per heavy atom. The van der Waals surface area contributed by atoms with E-state index in [1.807, 2.05) is 38.1 Å². The highest BCUT2D eigenvalue weighted by atomic mass is 16.5. The summed E-state index contributed by atoms with van der Waals surface area (Å²) < 4.78 is 16.2. The van der Waals surface area contributed by atoms with Crippen molar-refractivity contribution in [3.8, 4) is 5.75 Å². The molecule has 1 aromatic carbocycles. The molecule has 0 radical (unpaired) electrons. The van der Waals surface area contributed by atoms with E-state index in [0.717, 1.165) is 18.4 Å². The van der Waals surface area contributed by atoms with Crippen molar-refractivity contribution in [2.75, 3.05) is 33.5 Å². The Kier molecular flexibility index (Phi) is 11.4. The Morgan fingerprint density at radius 1 is 1.16 bits per heavy atom. The Labute approximate surface area is 151 Å². The van der Waals surface area contributed by atoms with Crippen LogP contribution in [0.15, 0.2) is 24.3 Å². The second-order valence-corrected chi connectivity index (χ2v) is 6.17. The fraction of sp³-hybridized carbons (Fsp3) is 0.684. The Bertz CT molecular complexity index is 457. The average molecular weight is 355 g/mol. The molecule has 1 rings (SSSR count). The molecule has 3 unspecified atom stereocenters. The van der Waals surface area contributed by atoms with Gasteiger partial charge in [0.05, 0.1) is 25.9 Å². The molecule has 25 heavy (non-hydrogen) atoms. The number of hydrogen-bond acceptors (Lipinski definition) is 6. The normalized spacial score (nSPS) is 14.9. The zero-order valence-electron chi connectivity index (χ0n) is 15.6. The summed E-state index contributed by atoms with van der Waals surface area (Å²) in [6.07, 6.45) is 0.626. The minimum Gasteiger partial charge on any atom is -0.490 e. The van der Waals surface area contributed by atoms with E-state index in [2.05, 4.69) is 5.32 Å². The topological polar surface area (TPSA) is 80.2 Å². The van der Waals surface area contributed by atoms with Crippen molar-refractivity contribution < 1.29 is 24.4 Å². The van der Waals surface area contributed by atoms with Crippen LogP contribution in [0.5, 0.6) is 5.75 Å².